The number of rotatable bonds is 5. The summed E-state index contributed by atoms with van der Waals surface area (Å²) in [5.41, 5.74) is 0.561. The molecule has 0 aliphatic rings. The minimum Gasteiger partial charge on any atom is -0.483 e. The van der Waals surface area contributed by atoms with Crippen molar-refractivity contribution in [3.63, 3.8) is 0 Å². The average Bonchev–Trinajstić information content (AvgIpc) is 2.47. The van der Waals surface area contributed by atoms with E-state index in [0.29, 0.717) is 16.3 Å². The van der Waals surface area contributed by atoms with E-state index < -0.39 is 6.10 Å². The number of carbonyl (C=O) groups is 1. The highest BCUT2D eigenvalue weighted by molar-refractivity contribution is 7.98. The number of ketones is 1. The molecule has 0 bridgehead atoms. The van der Waals surface area contributed by atoms with Crippen LogP contribution in [0.3, 0.4) is 0 Å². The third kappa shape index (κ3) is 3.78. The minimum atomic E-state index is -0.548. The zero-order valence-electron chi connectivity index (χ0n) is 11.3. The van der Waals surface area contributed by atoms with Crippen molar-refractivity contribution in [2.24, 2.45) is 0 Å². The first-order valence-electron chi connectivity index (χ1n) is 6.20. The van der Waals surface area contributed by atoms with E-state index in [4.69, 9.17) is 16.3 Å². The topological polar surface area (TPSA) is 26.3 Å². The lowest BCUT2D eigenvalue weighted by Gasteiger charge is -2.14. The highest BCUT2D eigenvalue weighted by atomic mass is 35.5. The molecule has 0 amide bonds. The number of halogens is 1. The molecule has 0 aliphatic heterocycles. The Morgan fingerprint density at radius 3 is 2.50 bits per heavy atom. The number of ether oxygens (including phenoxy) is 1. The van der Waals surface area contributed by atoms with Crippen LogP contribution in [0.5, 0.6) is 5.75 Å². The highest BCUT2D eigenvalue weighted by Gasteiger charge is 2.17. The molecule has 0 heterocycles. The van der Waals surface area contributed by atoms with E-state index in [-0.39, 0.29) is 5.78 Å². The zero-order chi connectivity index (χ0) is 14.5. The number of carbonyl (C=O) groups excluding carboxylic acids is 1. The maximum absolute atomic E-state index is 12.2. The van der Waals surface area contributed by atoms with Crippen LogP contribution in [0.4, 0.5) is 0 Å². The van der Waals surface area contributed by atoms with Crippen LogP contribution in [0, 0.1) is 0 Å². The van der Waals surface area contributed by atoms with Crippen LogP contribution in [0.1, 0.15) is 17.3 Å². The van der Waals surface area contributed by atoms with Gasteiger partial charge in [-0.3, -0.25) is 4.79 Å². The second kappa shape index (κ2) is 6.82. The van der Waals surface area contributed by atoms with Gasteiger partial charge in [-0.2, -0.15) is 0 Å². The molecular formula is C16H15ClO2S. The molecule has 0 spiro atoms. The fourth-order valence-corrected chi connectivity index (χ4v) is 2.39. The fourth-order valence-electron chi connectivity index (χ4n) is 1.79. The van der Waals surface area contributed by atoms with Gasteiger partial charge in [-0.05, 0) is 49.6 Å². The van der Waals surface area contributed by atoms with Crippen LogP contribution in [0.15, 0.2) is 53.4 Å². The van der Waals surface area contributed by atoms with Crippen molar-refractivity contribution in [1.29, 1.82) is 0 Å². The number of hydrogen-bond acceptors (Lipinski definition) is 3. The number of hydrogen-bond donors (Lipinski definition) is 0. The molecule has 20 heavy (non-hydrogen) atoms. The smallest absolute Gasteiger partial charge is 0.203 e. The number of Topliss-reactive ketones (excluding diaryl/α,β-unsaturated/α-hetero) is 1. The molecule has 1 unspecified atom stereocenters. The van der Waals surface area contributed by atoms with Crippen molar-refractivity contribution < 1.29 is 9.53 Å². The van der Waals surface area contributed by atoms with Crippen LogP contribution in [0.2, 0.25) is 5.02 Å². The molecule has 1 atom stereocenters. The summed E-state index contributed by atoms with van der Waals surface area (Å²) in [4.78, 5) is 13.4. The number of benzene rings is 2. The Morgan fingerprint density at radius 2 is 1.90 bits per heavy atom. The van der Waals surface area contributed by atoms with Gasteiger partial charge in [0.15, 0.2) is 6.10 Å². The van der Waals surface area contributed by atoms with Gasteiger partial charge >= 0.3 is 0 Å². The number of thioether (sulfide) groups is 1. The van der Waals surface area contributed by atoms with Gasteiger partial charge in [0.1, 0.15) is 5.75 Å². The molecule has 0 N–H and O–H groups in total. The van der Waals surface area contributed by atoms with Gasteiger partial charge in [-0.1, -0.05) is 23.7 Å². The van der Waals surface area contributed by atoms with Crippen molar-refractivity contribution >= 4 is 29.1 Å². The van der Waals surface area contributed by atoms with Crippen LogP contribution < -0.4 is 4.74 Å². The minimum absolute atomic E-state index is 0.0820. The SMILES string of the molecule is CSc1ccc(OC(C)C(=O)c2cccc(Cl)c2)cc1. The van der Waals surface area contributed by atoms with Crippen molar-refractivity contribution in [3.05, 3.63) is 59.1 Å². The molecule has 0 aromatic heterocycles. The Hall–Kier alpha value is -1.45. The zero-order valence-corrected chi connectivity index (χ0v) is 12.9. The summed E-state index contributed by atoms with van der Waals surface area (Å²) in [5.74, 6) is 0.604. The summed E-state index contributed by atoms with van der Waals surface area (Å²) < 4.78 is 5.67. The van der Waals surface area contributed by atoms with Crippen LogP contribution in [0.25, 0.3) is 0 Å². The first-order valence-corrected chi connectivity index (χ1v) is 7.81. The van der Waals surface area contributed by atoms with Gasteiger partial charge in [-0.15, -0.1) is 11.8 Å². The van der Waals surface area contributed by atoms with E-state index in [0.717, 1.165) is 4.90 Å². The molecule has 0 aliphatic carbocycles. The van der Waals surface area contributed by atoms with Gasteiger partial charge in [0.2, 0.25) is 5.78 Å². The van der Waals surface area contributed by atoms with Crippen molar-refractivity contribution in [1.82, 2.24) is 0 Å². The highest BCUT2D eigenvalue weighted by Crippen LogP contribution is 2.21. The monoisotopic (exact) mass is 306 g/mol. The summed E-state index contributed by atoms with van der Waals surface area (Å²) in [6.07, 6.45) is 1.47. The second-order valence-corrected chi connectivity index (χ2v) is 5.63. The van der Waals surface area contributed by atoms with Crippen LogP contribution in [-0.2, 0) is 0 Å². The van der Waals surface area contributed by atoms with E-state index in [2.05, 4.69) is 0 Å². The van der Waals surface area contributed by atoms with Gasteiger partial charge in [0.05, 0.1) is 0 Å². The summed E-state index contributed by atoms with van der Waals surface area (Å²) in [6.45, 7) is 1.74. The third-order valence-corrected chi connectivity index (χ3v) is 3.83. The summed E-state index contributed by atoms with van der Waals surface area (Å²) >= 11 is 7.56. The molecule has 0 saturated heterocycles. The Kier molecular flexibility index (Phi) is 5.10. The summed E-state index contributed by atoms with van der Waals surface area (Å²) in [7, 11) is 0. The van der Waals surface area contributed by atoms with E-state index in [1.165, 1.54) is 0 Å². The Bertz CT molecular complexity index is 596. The summed E-state index contributed by atoms with van der Waals surface area (Å²) in [5, 5.41) is 0.548. The third-order valence-electron chi connectivity index (χ3n) is 2.85. The van der Waals surface area contributed by atoms with E-state index in [9.17, 15) is 4.79 Å². The van der Waals surface area contributed by atoms with Crippen molar-refractivity contribution in [3.8, 4) is 5.75 Å². The quantitative estimate of drug-likeness (QED) is 0.591. The average molecular weight is 307 g/mol. The Morgan fingerprint density at radius 1 is 1.20 bits per heavy atom. The van der Waals surface area contributed by atoms with E-state index in [1.807, 2.05) is 30.5 Å². The Labute approximate surface area is 128 Å². The van der Waals surface area contributed by atoms with Gasteiger partial charge in [0, 0.05) is 15.5 Å². The predicted molar refractivity (Wildman–Crippen MR) is 84.1 cm³/mol. The normalized spacial score (nSPS) is 11.9. The standard InChI is InChI=1S/C16H15ClO2S/c1-11(16(18)12-4-3-5-13(17)10-12)19-14-6-8-15(20-2)9-7-14/h3-11H,1-2H3. The maximum Gasteiger partial charge on any atom is 0.203 e. The lowest BCUT2D eigenvalue weighted by molar-refractivity contribution is 0.0818. The molecule has 2 aromatic rings. The first kappa shape index (κ1) is 14.9. The van der Waals surface area contributed by atoms with Crippen LogP contribution >= 0.6 is 23.4 Å². The fraction of sp³-hybridized carbons (Fsp3) is 0.188. The Balaban J connectivity index is 2.07. The lowest BCUT2D eigenvalue weighted by Crippen LogP contribution is -2.23. The van der Waals surface area contributed by atoms with E-state index in [1.54, 1.807) is 43.0 Å². The predicted octanol–water partition coefficient (Wildman–Crippen LogP) is 4.71. The first-order chi connectivity index (χ1) is 9.60. The largest absolute Gasteiger partial charge is 0.483 e. The maximum atomic E-state index is 12.2. The molecule has 4 heteroatoms. The molecule has 2 rings (SSSR count). The molecule has 0 saturated carbocycles. The van der Waals surface area contributed by atoms with E-state index >= 15 is 0 Å². The molecule has 2 nitrogen and oxygen atoms in total. The molecule has 0 fully saturated rings. The van der Waals surface area contributed by atoms with Crippen molar-refractivity contribution in [2.45, 2.75) is 17.9 Å². The second-order valence-electron chi connectivity index (χ2n) is 4.31. The lowest BCUT2D eigenvalue weighted by atomic mass is 10.1. The van der Waals surface area contributed by atoms with Crippen molar-refractivity contribution in [2.75, 3.05) is 6.26 Å². The molecule has 2 aromatic carbocycles. The van der Waals surface area contributed by atoms with Crippen LogP contribution in [-0.4, -0.2) is 18.1 Å². The molecule has 104 valence electrons. The van der Waals surface area contributed by atoms with Gasteiger partial charge in [-0.25, -0.2) is 0 Å². The summed E-state index contributed by atoms with van der Waals surface area (Å²) in [6, 6.07) is 14.6. The molecule has 0 radical (unpaired) electrons. The van der Waals surface area contributed by atoms with Gasteiger partial charge < -0.3 is 4.74 Å². The molecular weight excluding hydrogens is 292 g/mol. The van der Waals surface area contributed by atoms with Gasteiger partial charge in [0.25, 0.3) is 0 Å².